The molecule has 4 unspecified atom stereocenters. The molecule has 2 saturated carbocycles. The van der Waals surface area contributed by atoms with Crippen LogP contribution < -0.4 is 0 Å². The lowest BCUT2D eigenvalue weighted by Gasteiger charge is -2.58. The van der Waals surface area contributed by atoms with Crippen LogP contribution in [0.15, 0.2) is 0 Å². The second-order valence-electron chi connectivity index (χ2n) is 9.81. The standard InChI is InChI=1S/C19H36O/c1-13(20)8-9-15-10-14-11-16(15)19(12-14,17(2,3)4)18(5,6)7/h13-16,20H,8-12H2,1-7H3. The van der Waals surface area contributed by atoms with Gasteiger partial charge >= 0.3 is 0 Å². The van der Waals surface area contributed by atoms with E-state index < -0.39 is 0 Å². The Bertz CT molecular complexity index is 328. The third-order valence-corrected chi connectivity index (χ3v) is 6.67. The molecule has 118 valence electrons. The second kappa shape index (κ2) is 5.00. The highest BCUT2D eigenvalue weighted by Gasteiger charge is 2.64. The summed E-state index contributed by atoms with van der Waals surface area (Å²) in [6.45, 7) is 16.7. The first-order chi connectivity index (χ1) is 8.99. The van der Waals surface area contributed by atoms with Crippen LogP contribution in [0.3, 0.4) is 0 Å². The molecule has 2 aliphatic rings. The van der Waals surface area contributed by atoms with Gasteiger partial charge in [0, 0.05) is 0 Å². The zero-order valence-electron chi connectivity index (χ0n) is 14.8. The van der Waals surface area contributed by atoms with Crippen LogP contribution in [-0.2, 0) is 0 Å². The van der Waals surface area contributed by atoms with E-state index in [4.69, 9.17) is 0 Å². The third kappa shape index (κ3) is 2.45. The Hall–Kier alpha value is -0.0400. The number of aliphatic hydroxyl groups is 1. The summed E-state index contributed by atoms with van der Waals surface area (Å²) < 4.78 is 0. The fourth-order valence-corrected chi connectivity index (χ4v) is 6.24. The van der Waals surface area contributed by atoms with Gasteiger partial charge in [0.15, 0.2) is 0 Å². The maximum absolute atomic E-state index is 9.63. The van der Waals surface area contributed by atoms with Gasteiger partial charge in [0.05, 0.1) is 6.10 Å². The molecule has 4 atom stereocenters. The average Bonchev–Trinajstić information content (AvgIpc) is 2.80. The van der Waals surface area contributed by atoms with Gasteiger partial charge in [-0.2, -0.15) is 0 Å². The minimum Gasteiger partial charge on any atom is -0.393 e. The first-order valence-corrected chi connectivity index (χ1v) is 8.67. The fraction of sp³-hybridized carbons (Fsp3) is 1.00. The molecule has 2 aliphatic carbocycles. The van der Waals surface area contributed by atoms with E-state index in [1.165, 1.54) is 25.7 Å². The van der Waals surface area contributed by atoms with Crippen molar-refractivity contribution in [1.29, 1.82) is 0 Å². The van der Waals surface area contributed by atoms with Crippen LogP contribution in [0, 0.1) is 34.0 Å². The quantitative estimate of drug-likeness (QED) is 0.746. The molecule has 0 radical (unpaired) electrons. The highest BCUT2D eigenvalue weighted by atomic mass is 16.3. The molecule has 1 N–H and O–H groups in total. The van der Waals surface area contributed by atoms with E-state index in [9.17, 15) is 5.11 Å². The molecular formula is C19H36O. The molecule has 2 fully saturated rings. The number of hydrogen-bond acceptors (Lipinski definition) is 1. The van der Waals surface area contributed by atoms with Crippen molar-refractivity contribution in [3.05, 3.63) is 0 Å². The first kappa shape index (κ1) is 16.3. The van der Waals surface area contributed by atoms with Crippen LogP contribution in [0.5, 0.6) is 0 Å². The summed E-state index contributed by atoms with van der Waals surface area (Å²) in [4.78, 5) is 0. The molecule has 2 bridgehead atoms. The van der Waals surface area contributed by atoms with Crippen molar-refractivity contribution in [2.24, 2.45) is 34.0 Å². The summed E-state index contributed by atoms with van der Waals surface area (Å²) >= 11 is 0. The average molecular weight is 280 g/mol. The lowest BCUT2D eigenvalue weighted by Crippen LogP contribution is -2.52. The minimum atomic E-state index is -0.132. The molecule has 0 heterocycles. The van der Waals surface area contributed by atoms with Gasteiger partial charge in [-0.3, -0.25) is 0 Å². The molecule has 0 amide bonds. The summed E-state index contributed by atoms with van der Waals surface area (Å²) in [6.07, 6.45) is 6.37. The normalized spacial score (nSPS) is 34.5. The Morgan fingerprint density at radius 3 is 2.00 bits per heavy atom. The monoisotopic (exact) mass is 280 g/mol. The minimum absolute atomic E-state index is 0.132. The van der Waals surface area contributed by atoms with Crippen LogP contribution in [0.4, 0.5) is 0 Å². The van der Waals surface area contributed by atoms with E-state index in [0.29, 0.717) is 16.2 Å². The lowest BCUT2D eigenvalue weighted by atomic mass is 9.46. The maximum atomic E-state index is 9.63. The molecular weight excluding hydrogens is 244 g/mol. The molecule has 0 spiro atoms. The van der Waals surface area contributed by atoms with Crippen LogP contribution in [0.2, 0.25) is 0 Å². The van der Waals surface area contributed by atoms with Gasteiger partial charge in [-0.15, -0.1) is 0 Å². The van der Waals surface area contributed by atoms with E-state index in [0.717, 1.165) is 24.2 Å². The van der Waals surface area contributed by atoms with Crippen LogP contribution >= 0.6 is 0 Å². The summed E-state index contributed by atoms with van der Waals surface area (Å²) in [5.41, 5.74) is 1.20. The van der Waals surface area contributed by atoms with Crippen molar-refractivity contribution >= 4 is 0 Å². The van der Waals surface area contributed by atoms with Gasteiger partial charge in [-0.1, -0.05) is 41.5 Å². The zero-order chi connectivity index (χ0) is 15.3. The van der Waals surface area contributed by atoms with Crippen molar-refractivity contribution in [3.63, 3.8) is 0 Å². The van der Waals surface area contributed by atoms with Gasteiger partial charge in [0.2, 0.25) is 0 Å². The molecule has 0 aromatic carbocycles. The maximum Gasteiger partial charge on any atom is 0.0512 e. The van der Waals surface area contributed by atoms with Crippen LogP contribution in [-0.4, -0.2) is 11.2 Å². The van der Waals surface area contributed by atoms with E-state index >= 15 is 0 Å². The van der Waals surface area contributed by atoms with Crippen molar-refractivity contribution in [1.82, 2.24) is 0 Å². The largest absolute Gasteiger partial charge is 0.393 e. The Morgan fingerprint density at radius 1 is 1.05 bits per heavy atom. The van der Waals surface area contributed by atoms with Gasteiger partial charge < -0.3 is 5.11 Å². The van der Waals surface area contributed by atoms with Gasteiger partial charge in [0.25, 0.3) is 0 Å². The van der Waals surface area contributed by atoms with Crippen molar-refractivity contribution < 1.29 is 5.11 Å². The highest BCUT2D eigenvalue weighted by Crippen LogP contribution is 2.71. The SMILES string of the molecule is CC(O)CCC1CC2CC1C(C(C)(C)C)(C(C)(C)C)C2. The van der Waals surface area contributed by atoms with Gasteiger partial charge in [0.1, 0.15) is 0 Å². The summed E-state index contributed by atoms with van der Waals surface area (Å²) in [6, 6.07) is 0. The second-order valence-corrected chi connectivity index (χ2v) is 9.81. The number of aliphatic hydroxyl groups excluding tert-OH is 1. The van der Waals surface area contributed by atoms with E-state index in [2.05, 4.69) is 41.5 Å². The van der Waals surface area contributed by atoms with Crippen LogP contribution in [0.25, 0.3) is 0 Å². The molecule has 20 heavy (non-hydrogen) atoms. The first-order valence-electron chi connectivity index (χ1n) is 8.67. The van der Waals surface area contributed by atoms with Gasteiger partial charge in [-0.25, -0.2) is 0 Å². The molecule has 0 aromatic heterocycles. The molecule has 1 nitrogen and oxygen atoms in total. The summed E-state index contributed by atoms with van der Waals surface area (Å²) in [5, 5.41) is 9.63. The summed E-state index contributed by atoms with van der Waals surface area (Å²) in [5.74, 6) is 2.66. The number of rotatable bonds is 3. The van der Waals surface area contributed by atoms with Crippen LogP contribution in [0.1, 0.15) is 80.6 Å². The topological polar surface area (TPSA) is 20.2 Å². The Balaban J connectivity index is 2.27. The predicted molar refractivity (Wildman–Crippen MR) is 86.6 cm³/mol. The lowest BCUT2D eigenvalue weighted by molar-refractivity contribution is -0.101. The van der Waals surface area contributed by atoms with Crippen molar-refractivity contribution in [2.75, 3.05) is 0 Å². The van der Waals surface area contributed by atoms with E-state index in [1.807, 2.05) is 6.92 Å². The molecule has 0 aromatic rings. The van der Waals surface area contributed by atoms with Crippen molar-refractivity contribution in [2.45, 2.75) is 86.7 Å². The van der Waals surface area contributed by atoms with E-state index in [-0.39, 0.29) is 6.10 Å². The number of fused-ring (bicyclic) bond motifs is 2. The Labute approximate surface area is 126 Å². The molecule has 1 heteroatoms. The van der Waals surface area contributed by atoms with E-state index in [1.54, 1.807) is 0 Å². The highest BCUT2D eigenvalue weighted by molar-refractivity contribution is 5.12. The molecule has 0 saturated heterocycles. The molecule has 0 aliphatic heterocycles. The Morgan fingerprint density at radius 2 is 1.60 bits per heavy atom. The fourth-order valence-electron chi connectivity index (χ4n) is 6.24. The Kier molecular flexibility index (Phi) is 4.09. The predicted octanol–water partition coefficient (Wildman–Crippen LogP) is 5.27. The van der Waals surface area contributed by atoms with Gasteiger partial charge in [-0.05, 0) is 73.0 Å². The van der Waals surface area contributed by atoms with Crippen molar-refractivity contribution in [3.8, 4) is 0 Å². The smallest absolute Gasteiger partial charge is 0.0512 e. The summed E-state index contributed by atoms with van der Waals surface area (Å²) in [7, 11) is 0. The zero-order valence-corrected chi connectivity index (χ0v) is 14.8. The number of hydrogen-bond donors (Lipinski definition) is 1. The molecule has 2 rings (SSSR count). The third-order valence-electron chi connectivity index (χ3n) is 6.67.